The third kappa shape index (κ3) is 14.3. The maximum absolute atomic E-state index is 12.4. The molecule has 2 N–H and O–H groups in total. The Morgan fingerprint density at radius 2 is 0.903 bits per heavy atom. The molecule has 0 saturated heterocycles. The molecule has 0 spiro atoms. The highest BCUT2D eigenvalue weighted by molar-refractivity contribution is 6.17. The van der Waals surface area contributed by atoms with E-state index in [1.165, 1.54) is 12.7 Å². The van der Waals surface area contributed by atoms with Crippen molar-refractivity contribution in [3.05, 3.63) is 165 Å². The molecule has 6 aromatic rings. The number of nitrogens with zero attached hydrogens (tertiary/aromatic N) is 2. The van der Waals surface area contributed by atoms with E-state index in [0.29, 0.717) is 64.5 Å². The van der Waals surface area contributed by atoms with Crippen LogP contribution in [-0.4, -0.2) is 89.1 Å². The molecular weight excluding hydrogens is 944 g/mol. The summed E-state index contributed by atoms with van der Waals surface area (Å²) in [6.07, 6.45) is 0. The zero-order valence-electron chi connectivity index (χ0n) is 42.0. The number of hydrogen-bond donors (Lipinski definition) is 2. The number of hydrogen-bond acceptors (Lipinski definition) is 13. The Balaban J connectivity index is 0.000000191. The summed E-state index contributed by atoms with van der Waals surface area (Å²) in [6.45, 7) is 7.93. The van der Waals surface area contributed by atoms with Gasteiger partial charge >= 0.3 is 5.97 Å². The number of ketones is 1. The molecule has 8 rings (SSSR count). The lowest BCUT2D eigenvalue weighted by molar-refractivity contribution is -0.122. The molecule has 0 saturated carbocycles. The molecule has 15 nitrogen and oxygen atoms in total. The van der Waals surface area contributed by atoms with Crippen molar-refractivity contribution < 1.29 is 62.5 Å². The van der Waals surface area contributed by atoms with Crippen LogP contribution < -0.4 is 38.2 Å². The molecule has 380 valence electrons. The molecule has 2 amide bonds. The molecule has 2 heterocycles. The SMILES string of the molecule is COC(=O)c1ccc2c(c1)N(Cc1ccc(C)cc1OC)C(=O)CO2.COc1cc(C)ccc1CCl.COc1cc(C)ccc1CN1C(=O)COc2ccc(C(=O)CO)cc21.COc1cc(C)ccc1CO. The first kappa shape index (κ1) is 55.3. The van der Waals surface area contributed by atoms with Crippen LogP contribution in [0.3, 0.4) is 0 Å². The number of methoxy groups -OCH3 is 5. The van der Waals surface area contributed by atoms with E-state index >= 15 is 0 Å². The number of esters is 1. The Kier molecular flexibility index (Phi) is 20.4. The quantitative estimate of drug-likeness (QED) is 0.0636. The van der Waals surface area contributed by atoms with Crippen molar-refractivity contribution in [2.45, 2.75) is 53.3 Å². The first-order valence-electron chi connectivity index (χ1n) is 22.7. The van der Waals surface area contributed by atoms with Crippen LogP contribution in [0.1, 0.15) is 65.2 Å². The van der Waals surface area contributed by atoms with Crippen molar-refractivity contribution in [3.8, 4) is 34.5 Å². The number of aliphatic hydroxyl groups is 2. The number of aliphatic hydroxyl groups excluding tert-OH is 2. The summed E-state index contributed by atoms with van der Waals surface area (Å²) in [5.41, 5.74) is 9.81. The van der Waals surface area contributed by atoms with Crippen LogP contribution in [0.4, 0.5) is 11.4 Å². The fourth-order valence-corrected chi connectivity index (χ4v) is 7.73. The number of carbonyl (C=O) groups excluding carboxylic acids is 4. The number of halogens is 1. The van der Waals surface area contributed by atoms with Crippen LogP contribution >= 0.6 is 11.6 Å². The smallest absolute Gasteiger partial charge is 0.337 e. The van der Waals surface area contributed by atoms with Gasteiger partial charge in [0.1, 0.15) is 41.1 Å². The first-order valence-corrected chi connectivity index (χ1v) is 23.2. The maximum atomic E-state index is 12.4. The summed E-state index contributed by atoms with van der Waals surface area (Å²) in [5, 5.41) is 17.9. The van der Waals surface area contributed by atoms with Gasteiger partial charge in [-0.2, -0.15) is 0 Å². The van der Waals surface area contributed by atoms with Gasteiger partial charge in [-0.15, -0.1) is 11.6 Å². The number of amides is 2. The normalized spacial score (nSPS) is 12.1. The van der Waals surface area contributed by atoms with Crippen molar-refractivity contribution in [1.82, 2.24) is 0 Å². The van der Waals surface area contributed by atoms with E-state index in [1.807, 2.05) is 100 Å². The van der Waals surface area contributed by atoms with Crippen LogP contribution in [0.15, 0.2) is 109 Å². The molecule has 0 unspecified atom stereocenters. The van der Waals surface area contributed by atoms with Gasteiger partial charge in [-0.05, 0) is 111 Å². The summed E-state index contributed by atoms with van der Waals surface area (Å²) in [6, 6.07) is 33.0. The van der Waals surface area contributed by atoms with Crippen LogP contribution in [0, 0.1) is 27.7 Å². The van der Waals surface area contributed by atoms with Gasteiger partial charge in [-0.1, -0.05) is 48.5 Å². The molecule has 0 radical (unpaired) electrons. The fraction of sp³-hybridized carbons (Fsp3) is 0.286. The van der Waals surface area contributed by atoms with Gasteiger partial charge in [0.2, 0.25) is 0 Å². The van der Waals surface area contributed by atoms with Crippen LogP contribution in [0.25, 0.3) is 0 Å². The fourth-order valence-electron chi connectivity index (χ4n) is 7.51. The van der Waals surface area contributed by atoms with E-state index < -0.39 is 18.4 Å². The second-order valence-electron chi connectivity index (χ2n) is 16.5. The van der Waals surface area contributed by atoms with Gasteiger partial charge in [0.25, 0.3) is 11.8 Å². The molecular formula is C56H61ClN2O13. The maximum Gasteiger partial charge on any atom is 0.337 e. The van der Waals surface area contributed by atoms with Gasteiger partial charge in [0.15, 0.2) is 19.0 Å². The number of fused-ring (bicyclic) bond motifs is 2. The van der Waals surface area contributed by atoms with Gasteiger partial charge in [-0.3, -0.25) is 14.4 Å². The Bertz CT molecular complexity index is 2670. The molecule has 0 aromatic heterocycles. The number of alkyl halides is 1. The zero-order chi connectivity index (χ0) is 52.5. The van der Waals surface area contributed by atoms with Crippen LogP contribution in [-0.2, 0) is 39.9 Å². The van der Waals surface area contributed by atoms with Crippen molar-refractivity contribution in [1.29, 1.82) is 0 Å². The third-order valence-electron chi connectivity index (χ3n) is 11.4. The minimum Gasteiger partial charge on any atom is -0.496 e. The largest absolute Gasteiger partial charge is 0.496 e. The number of rotatable bonds is 13. The first-order chi connectivity index (χ1) is 34.6. The molecule has 0 atom stereocenters. The lowest BCUT2D eigenvalue weighted by Gasteiger charge is -2.30. The van der Waals surface area contributed by atoms with Crippen molar-refractivity contribution in [2.75, 3.05) is 65.2 Å². The van der Waals surface area contributed by atoms with E-state index in [-0.39, 0.29) is 31.6 Å². The van der Waals surface area contributed by atoms with Crippen LogP contribution in [0.2, 0.25) is 0 Å². The third-order valence-corrected chi connectivity index (χ3v) is 11.7. The predicted octanol–water partition coefficient (Wildman–Crippen LogP) is 9.06. The number of Topliss-reactive ketones (excluding diaryl/α,β-unsaturated/α-hetero) is 1. The summed E-state index contributed by atoms with van der Waals surface area (Å²) in [5.74, 6) is 3.37. The minimum atomic E-state index is -0.584. The summed E-state index contributed by atoms with van der Waals surface area (Å²) >= 11 is 5.68. The van der Waals surface area contributed by atoms with E-state index in [4.69, 9.17) is 55.0 Å². The van der Waals surface area contributed by atoms with Crippen molar-refractivity contribution in [3.63, 3.8) is 0 Å². The van der Waals surface area contributed by atoms with Crippen LogP contribution in [0.5, 0.6) is 34.5 Å². The highest BCUT2D eigenvalue weighted by atomic mass is 35.5. The second kappa shape index (κ2) is 26.6. The summed E-state index contributed by atoms with van der Waals surface area (Å²) < 4.78 is 36.7. The number of anilines is 2. The molecule has 0 fully saturated rings. The Morgan fingerprint density at radius 3 is 1.29 bits per heavy atom. The Labute approximate surface area is 425 Å². The van der Waals surface area contributed by atoms with Gasteiger partial charge < -0.3 is 53.2 Å². The number of aryl methyl sites for hydroxylation is 4. The summed E-state index contributed by atoms with van der Waals surface area (Å²) in [4.78, 5) is 51.6. The van der Waals surface area contributed by atoms with E-state index in [9.17, 15) is 19.2 Å². The Hall–Kier alpha value is -7.59. The summed E-state index contributed by atoms with van der Waals surface area (Å²) in [7, 11) is 7.77. The van der Waals surface area contributed by atoms with E-state index in [2.05, 4.69) is 0 Å². The standard InChI is InChI=1S/2C19H19NO5.C9H11ClO.C9H12O2/c1-12-4-5-14(17(8-12)23-2)10-20-15-9-13(19(22)24-3)6-7-16(15)25-11-18(20)21;1-12-3-4-14(18(7-12)24-2)9-20-15-8-13(16(22)10-21)5-6-17(15)25-11-19(20)23;2*1-7-3-4-8(6-10)9(5-7)11-2/h4-9H,10-11H2,1-3H3;3-8,21H,9-11H2,1-2H3;3-5H,6H2,1-2H3;3-5,10H,6H2,1-2H3. The lowest BCUT2D eigenvalue weighted by atomic mass is 10.1. The van der Waals surface area contributed by atoms with Gasteiger partial charge in [0.05, 0.1) is 78.1 Å². The van der Waals surface area contributed by atoms with Gasteiger partial charge in [-0.25, -0.2) is 4.79 Å². The number of benzene rings is 6. The average molecular weight is 1010 g/mol. The average Bonchev–Trinajstić information content (AvgIpc) is 3.40. The highest BCUT2D eigenvalue weighted by Gasteiger charge is 2.29. The van der Waals surface area contributed by atoms with Crippen molar-refractivity contribution >= 4 is 46.5 Å². The van der Waals surface area contributed by atoms with E-state index in [0.717, 1.165) is 50.4 Å². The number of carbonyl (C=O) groups is 4. The van der Waals surface area contributed by atoms with E-state index in [1.54, 1.807) is 74.6 Å². The molecule has 16 heteroatoms. The zero-order valence-corrected chi connectivity index (χ0v) is 42.8. The Morgan fingerprint density at radius 1 is 0.528 bits per heavy atom. The topological polar surface area (TPSA) is 180 Å². The molecule has 72 heavy (non-hydrogen) atoms. The monoisotopic (exact) mass is 1000 g/mol. The van der Waals surface area contributed by atoms with Gasteiger partial charge in [0, 0.05) is 27.8 Å². The molecule has 2 aliphatic rings. The molecule has 2 aliphatic heterocycles. The molecule has 0 bridgehead atoms. The van der Waals surface area contributed by atoms with Crippen molar-refractivity contribution in [2.24, 2.45) is 0 Å². The highest BCUT2D eigenvalue weighted by Crippen LogP contribution is 2.37. The molecule has 0 aliphatic carbocycles. The molecule has 6 aromatic carbocycles. The minimum absolute atomic E-state index is 0.0312. The predicted molar refractivity (Wildman–Crippen MR) is 275 cm³/mol. The lowest BCUT2D eigenvalue weighted by Crippen LogP contribution is -2.38. The number of ether oxygens (including phenoxy) is 7. The second-order valence-corrected chi connectivity index (χ2v) is 16.8.